The Labute approximate surface area is 487 Å². The van der Waals surface area contributed by atoms with Gasteiger partial charge < -0.3 is 97.7 Å². The number of carbonyl (C=O) groups is 9. The zero-order valence-electron chi connectivity index (χ0n) is 46.2. The van der Waals surface area contributed by atoms with Crippen LogP contribution in [0.15, 0.2) is 74.4 Å². The van der Waals surface area contributed by atoms with Gasteiger partial charge in [0.25, 0.3) is 0 Å². The fraction of sp³-hybridized carbons (Fsp3) is 0.569. The predicted octanol–water partition coefficient (Wildman–Crippen LogP) is -2.37. The van der Waals surface area contributed by atoms with Gasteiger partial charge in [-0.3, -0.25) is 38.4 Å². The number of Topliss-reactive ketones (excluding diaryl/α,β-unsaturated/α-hetero) is 4. The van der Waals surface area contributed by atoms with E-state index in [0.29, 0.717) is 25.2 Å². The number of hydrogen-bond donors (Lipinski definition) is 17. The molecule has 0 heterocycles. The second kappa shape index (κ2) is 42.1. The van der Waals surface area contributed by atoms with Crippen molar-refractivity contribution < 1.29 is 75.9 Å². The van der Waals surface area contributed by atoms with E-state index in [1.807, 2.05) is 20.8 Å². The normalized spacial score (nSPS) is 13.3. The second-order valence-corrected chi connectivity index (χ2v) is 19.3. The van der Waals surface area contributed by atoms with Crippen LogP contribution < -0.4 is 92.9 Å². The fourth-order valence-corrected chi connectivity index (χ4v) is 6.68. The van der Waals surface area contributed by atoms with Gasteiger partial charge in [0.05, 0.1) is 58.7 Å². The predicted molar refractivity (Wildman–Crippen MR) is 300 cm³/mol. The van der Waals surface area contributed by atoms with Crippen molar-refractivity contribution in [3.8, 4) is 0 Å². The molecule has 23 N–H and O–H groups in total. The van der Waals surface area contributed by atoms with Crippen molar-refractivity contribution in [3.05, 3.63) is 80.9 Å². The van der Waals surface area contributed by atoms with E-state index in [1.165, 1.54) is 6.92 Å². The number of nitrogens with one attached hydrogen (secondary N) is 11. The smallest absolute Gasteiger partial charge is 0.225 e. The van der Waals surface area contributed by atoms with Crippen molar-refractivity contribution >= 4 is 53.2 Å². The largest absolute Gasteiger partial charge is 0.483 e. The first kappa shape index (κ1) is 77.5. The molecule has 0 aliphatic rings. The number of carbonyl (C=O) groups excluding carboxylic acids is 9. The molecule has 0 bridgehead atoms. The molecular formula is C51H94N17O9Y-. The third-order valence-electron chi connectivity index (χ3n) is 10.8. The number of nitrogens with two attached hydrogens (primary N) is 6. The van der Waals surface area contributed by atoms with Crippen LogP contribution in [-0.4, -0.2) is 117 Å². The Bertz CT molecular complexity index is 2040. The van der Waals surface area contributed by atoms with Crippen LogP contribution in [0.2, 0.25) is 0 Å². The van der Waals surface area contributed by atoms with Crippen LogP contribution in [0.4, 0.5) is 0 Å². The molecule has 5 amide bonds. The van der Waals surface area contributed by atoms with Gasteiger partial charge in [-0.15, -0.1) is 0 Å². The number of ketones is 4. The summed E-state index contributed by atoms with van der Waals surface area (Å²) in [6.07, 6.45) is 0.481. The summed E-state index contributed by atoms with van der Waals surface area (Å²) in [6, 6.07) is -3.00. The Morgan fingerprint density at radius 2 is 0.846 bits per heavy atom. The molecule has 27 heteroatoms. The Hall–Kier alpha value is -6.96. The summed E-state index contributed by atoms with van der Waals surface area (Å²) >= 11 is 0. The van der Waals surface area contributed by atoms with Gasteiger partial charge in [0.1, 0.15) is 12.1 Å². The fourth-order valence-electron chi connectivity index (χ4n) is 6.68. The Morgan fingerprint density at radius 1 is 0.474 bits per heavy atom. The zero-order chi connectivity index (χ0) is 58.8. The molecule has 0 saturated carbocycles. The van der Waals surface area contributed by atoms with Gasteiger partial charge in [0.2, 0.25) is 24.1 Å². The van der Waals surface area contributed by atoms with E-state index in [-0.39, 0.29) is 163 Å². The van der Waals surface area contributed by atoms with Crippen molar-refractivity contribution in [1.29, 1.82) is 0 Å². The molecule has 8 unspecified atom stereocenters. The van der Waals surface area contributed by atoms with Gasteiger partial charge in [0.15, 0.2) is 23.3 Å². The van der Waals surface area contributed by atoms with Gasteiger partial charge in [-0.05, 0) is 45.4 Å². The van der Waals surface area contributed by atoms with Gasteiger partial charge in [-0.1, -0.05) is 74.6 Å². The van der Waals surface area contributed by atoms with Crippen LogP contribution in [0.3, 0.4) is 0 Å². The molecule has 0 saturated heterocycles. The maximum absolute atomic E-state index is 13.3. The number of rotatable bonds is 42. The van der Waals surface area contributed by atoms with Crippen LogP contribution in [-0.2, 0) is 75.9 Å². The molecule has 1 radical (unpaired) electrons. The van der Waals surface area contributed by atoms with Crippen LogP contribution in [0.5, 0.6) is 0 Å². The zero-order valence-corrected chi connectivity index (χ0v) is 49.0. The van der Waals surface area contributed by atoms with Crippen LogP contribution in [0.25, 0.3) is 0 Å². The molecule has 0 aromatic heterocycles. The molecule has 0 aliphatic heterocycles. The summed E-state index contributed by atoms with van der Waals surface area (Å²) in [5.41, 5.74) is 33.3. The van der Waals surface area contributed by atoms with Crippen molar-refractivity contribution in [2.75, 3.05) is 39.3 Å². The Kier molecular flexibility index (Phi) is 41.9. The molecule has 441 valence electrons. The molecule has 8 atom stereocenters. The second-order valence-electron chi connectivity index (χ2n) is 19.3. The molecule has 0 fully saturated rings. The van der Waals surface area contributed by atoms with E-state index in [0.717, 1.165) is 6.54 Å². The summed E-state index contributed by atoms with van der Waals surface area (Å²) < 4.78 is 0. The topological polar surface area (TPSA) is 442 Å². The van der Waals surface area contributed by atoms with Crippen LogP contribution in [0.1, 0.15) is 88.0 Å². The van der Waals surface area contributed by atoms with E-state index in [1.54, 1.807) is 20.8 Å². The monoisotopic (exact) mass is 1180 g/mol. The quantitative estimate of drug-likeness (QED) is 0.0224. The summed E-state index contributed by atoms with van der Waals surface area (Å²) in [5, 5.41) is 29.6. The third kappa shape index (κ3) is 38.6. The van der Waals surface area contributed by atoms with Crippen LogP contribution in [0, 0.1) is 42.1 Å². The molecular weight excluding hydrogens is 1080 g/mol. The van der Waals surface area contributed by atoms with E-state index >= 15 is 0 Å². The van der Waals surface area contributed by atoms with Gasteiger partial charge >= 0.3 is 0 Å². The minimum Gasteiger partial charge on any atom is -0.483 e. The minimum atomic E-state index is -1.12. The number of hydrogen-bond acceptors (Lipinski definition) is 21. The first-order chi connectivity index (χ1) is 35.3. The first-order valence-electron chi connectivity index (χ1n) is 24.7. The average molecular weight is 1180 g/mol. The first-order valence-corrected chi connectivity index (χ1v) is 24.7. The maximum Gasteiger partial charge on any atom is 0.225 e. The summed E-state index contributed by atoms with van der Waals surface area (Å²) in [5.74, 6) is -5.15. The van der Waals surface area contributed by atoms with E-state index in [2.05, 4.69) is 98.0 Å². The summed E-state index contributed by atoms with van der Waals surface area (Å²) in [4.78, 5) is 113. The van der Waals surface area contributed by atoms with E-state index in [4.69, 9.17) is 34.4 Å². The molecule has 0 aliphatic carbocycles. The van der Waals surface area contributed by atoms with Crippen molar-refractivity contribution in [1.82, 2.24) is 58.5 Å². The van der Waals surface area contributed by atoms with Crippen molar-refractivity contribution in [3.63, 3.8) is 0 Å². The molecule has 78 heavy (non-hydrogen) atoms. The summed E-state index contributed by atoms with van der Waals surface area (Å²) in [7, 11) is 0. The summed E-state index contributed by atoms with van der Waals surface area (Å²) in [6.45, 7) is 35.4. The SMILES string of the molecule is C.C=C(N)NCC(C)CC(=O)C(CNC(=C)N)NC(=O)C(C)CC(=O)[CH-]NC(=O)C(CNC(=C)N)CC(C)C.C=C(N)NCC(CC(=O)C(CNC(=C)N)NC(=O)C(CNC(=C)N)CC(=O)C(C)NC=O)C(=O)NC(C)C.[Y]. The molecule has 26 nitrogen and oxygen atoms in total. The minimum absolute atomic E-state index is 0. The van der Waals surface area contributed by atoms with Crippen LogP contribution >= 0.6 is 0 Å². The number of amides is 5. The van der Waals surface area contributed by atoms with Crippen molar-refractivity contribution in [2.45, 2.75) is 112 Å². The van der Waals surface area contributed by atoms with E-state index < -0.39 is 71.0 Å². The average Bonchev–Trinajstić information content (AvgIpc) is 3.30. The molecule has 0 aromatic rings. The van der Waals surface area contributed by atoms with Gasteiger partial charge in [-0.25, -0.2) is 6.54 Å². The van der Waals surface area contributed by atoms with Gasteiger partial charge in [-0.2, -0.15) is 0 Å². The Balaban J connectivity index is -0.000000684. The third-order valence-corrected chi connectivity index (χ3v) is 10.8. The van der Waals surface area contributed by atoms with E-state index in [9.17, 15) is 43.2 Å². The molecule has 0 aromatic carbocycles. The Morgan fingerprint density at radius 3 is 1.26 bits per heavy atom. The standard InChI is InChI=1S/C26H47N8O4.C24H43N9O5.CH4.Y/c1-15(2)8-21(12-31-19(6)28)26(38)33-13-22(35)10-17(4)25(37)34-23(14-32-20(7)29)24(36)9-16(3)11-30-18(5)27;1-13(2)32-23(37)19(10-29-16(5)26)8-22(36)20(11-30-17(6)27)33-24(38)18(9-28-15(4)25)7-21(35)14(3)31-12-34;;/h13,15-17,21,23,30-32H,5-12,14,27-29H2,1-4H3,(H,33,38)(H,34,37);12-14,18-20,28-30H,4-11,25-27H2,1-3H3,(H,31,34)(H,32,37)(H,33,38);1H4;/q-1;;;. The molecule has 0 spiro atoms. The maximum atomic E-state index is 13.3. The van der Waals surface area contributed by atoms with Crippen molar-refractivity contribution in [2.24, 2.45) is 69.9 Å². The van der Waals surface area contributed by atoms with Gasteiger partial charge in [0, 0.05) is 109 Å². The molecule has 0 rings (SSSR count).